The first-order valence-electron chi connectivity index (χ1n) is 8.20. The molecule has 0 spiro atoms. The molecule has 0 saturated heterocycles. The third-order valence-corrected chi connectivity index (χ3v) is 4.16. The molecular weight excluding hydrogens is 369 g/mol. The van der Waals surface area contributed by atoms with Crippen LogP contribution in [0, 0.1) is 5.82 Å². The van der Waals surface area contributed by atoms with E-state index in [1.165, 1.54) is 19.2 Å². The highest BCUT2D eigenvalue weighted by Gasteiger charge is 2.17. The van der Waals surface area contributed by atoms with E-state index < -0.39 is 11.7 Å². The Bertz CT molecular complexity index is 947. The molecule has 0 bridgehead atoms. The lowest BCUT2D eigenvalue weighted by Crippen LogP contribution is -2.23. The van der Waals surface area contributed by atoms with Gasteiger partial charge in [-0.05, 0) is 42.0 Å². The first kappa shape index (κ1) is 18.7. The summed E-state index contributed by atoms with van der Waals surface area (Å²) < 4.78 is 24.5. The van der Waals surface area contributed by atoms with Crippen LogP contribution in [0.3, 0.4) is 0 Å². The second-order valence-corrected chi connectivity index (χ2v) is 6.09. The monoisotopic (exact) mass is 385 g/mol. The minimum atomic E-state index is -0.491. The molecule has 0 aliphatic carbocycles. The molecule has 3 aromatic carbocycles. The van der Waals surface area contributed by atoms with Gasteiger partial charge in [0.15, 0.2) is 11.6 Å². The second-order valence-electron chi connectivity index (χ2n) is 5.68. The van der Waals surface area contributed by atoms with Gasteiger partial charge in [-0.2, -0.15) is 0 Å². The quantitative estimate of drug-likeness (QED) is 0.633. The molecule has 3 aromatic rings. The molecule has 0 heterocycles. The number of benzene rings is 3. The lowest BCUT2D eigenvalue weighted by atomic mass is 10.1. The van der Waals surface area contributed by atoms with Crippen molar-refractivity contribution >= 4 is 17.5 Å². The van der Waals surface area contributed by atoms with Crippen LogP contribution >= 0.6 is 11.6 Å². The Labute approximate surface area is 161 Å². The van der Waals surface area contributed by atoms with E-state index in [2.05, 4.69) is 5.32 Å². The summed E-state index contributed by atoms with van der Waals surface area (Å²) >= 11 is 6.22. The fourth-order valence-electron chi connectivity index (χ4n) is 2.52. The zero-order valence-electron chi connectivity index (χ0n) is 14.5. The van der Waals surface area contributed by atoms with Gasteiger partial charge >= 0.3 is 0 Å². The first-order valence-corrected chi connectivity index (χ1v) is 8.58. The van der Waals surface area contributed by atoms with Gasteiger partial charge in [-0.1, -0.05) is 41.9 Å². The minimum absolute atomic E-state index is 0.135. The number of hydrogen-bond donors (Lipinski definition) is 1. The molecule has 0 radical (unpaired) electrons. The van der Waals surface area contributed by atoms with Gasteiger partial charge in [0.05, 0.1) is 12.1 Å². The summed E-state index contributed by atoms with van der Waals surface area (Å²) in [6, 6.07) is 18.6. The van der Waals surface area contributed by atoms with E-state index >= 15 is 0 Å². The van der Waals surface area contributed by atoms with Crippen molar-refractivity contribution in [2.75, 3.05) is 7.11 Å². The number of amides is 1. The van der Waals surface area contributed by atoms with Crippen molar-refractivity contribution in [2.45, 2.75) is 6.54 Å². The smallest absolute Gasteiger partial charge is 0.256 e. The van der Waals surface area contributed by atoms with Crippen LogP contribution in [0.2, 0.25) is 5.02 Å². The SMILES string of the molecule is COc1ccc(CNC(=O)c2c(Cl)cccc2Oc2ccccc2)cc1F. The molecule has 4 nitrogen and oxygen atoms in total. The number of carbonyl (C=O) groups is 1. The van der Waals surface area contributed by atoms with E-state index in [0.29, 0.717) is 17.1 Å². The Morgan fingerprint density at radius 2 is 1.81 bits per heavy atom. The third kappa shape index (κ3) is 4.57. The molecule has 0 unspecified atom stereocenters. The molecular formula is C21H17ClFNO3. The molecule has 27 heavy (non-hydrogen) atoms. The number of hydrogen-bond acceptors (Lipinski definition) is 3. The van der Waals surface area contributed by atoms with E-state index in [1.54, 1.807) is 36.4 Å². The third-order valence-electron chi connectivity index (χ3n) is 3.84. The summed E-state index contributed by atoms with van der Waals surface area (Å²) in [7, 11) is 1.39. The molecule has 0 saturated carbocycles. The number of ether oxygens (including phenoxy) is 2. The highest BCUT2D eigenvalue weighted by atomic mass is 35.5. The van der Waals surface area contributed by atoms with Gasteiger partial charge in [-0.25, -0.2) is 4.39 Å². The van der Waals surface area contributed by atoms with Crippen LogP contribution in [0.1, 0.15) is 15.9 Å². The van der Waals surface area contributed by atoms with Crippen molar-refractivity contribution in [3.63, 3.8) is 0 Å². The number of halogens is 2. The standard InChI is InChI=1S/C21H17ClFNO3/c1-26-18-11-10-14(12-17(18)23)13-24-21(25)20-16(22)8-5-9-19(20)27-15-6-3-2-4-7-15/h2-12H,13H2,1H3,(H,24,25). The summed E-state index contributed by atoms with van der Waals surface area (Å²) in [6.45, 7) is 0.135. The lowest BCUT2D eigenvalue weighted by Gasteiger charge is -2.13. The van der Waals surface area contributed by atoms with Crippen LogP contribution in [0.15, 0.2) is 66.7 Å². The highest BCUT2D eigenvalue weighted by Crippen LogP contribution is 2.30. The zero-order chi connectivity index (χ0) is 19.2. The van der Waals surface area contributed by atoms with E-state index in [1.807, 2.05) is 18.2 Å². The van der Waals surface area contributed by atoms with Crippen LogP contribution in [0.4, 0.5) is 4.39 Å². The van der Waals surface area contributed by atoms with E-state index in [-0.39, 0.29) is 22.9 Å². The van der Waals surface area contributed by atoms with Gasteiger partial charge in [0.2, 0.25) is 0 Å². The van der Waals surface area contributed by atoms with E-state index in [0.717, 1.165) is 0 Å². The number of methoxy groups -OCH3 is 1. The average Bonchev–Trinajstić information content (AvgIpc) is 2.67. The highest BCUT2D eigenvalue weighted by molar-refractivity contribution is 6.34. The summed E-state index contributed by atoms with van der Waals surface area (Å²) in [4.78, 5) is 12.7. The molecule has 3 rings (SSSR count). The predicted octanol–water partition coefficient (Wildman–Crippen LogP) is 5.21. The van der Waals surface area contributed by atoms with Crippen molar-refractivity contribution in [3.8, 4) is 17.2 Å². The van der Waals surface area contributed by atoms with Crippen molar-refractivity contribution < 1.29 is 18.7 Å². The van der Waals surface area contributed by atoms with Crippen molar-refractivity contribution in [1.82, 2.24) is 5.32 Å². The zero-order valence-corrected chi connectivity index (χ0v) is 15.3. The summed E-state index contributed by atoms with van der Waals surface area (Å²) in [5, 5.41) is 3.00. The average molecular weight is 386 g/mol. The van der Waals surface area contributed by atoms with Crippen LogP contribution in [-0.4, -0.2) is 13.0 Å². The van der Waals surface area contributed by atoms with Crippen LogP contribution in [0.25, 0.3) is 0 Å². The second kappa shape index (κ2) is 8.56. The molecule has 0 atom stereocenters. The molecule has 0 aliphatic heterocycles. The largest absolute Gasteiger partial charge is 0.494 e. The Morgan fingerprint density at radius 1 is 1.04 bits per heavy atom. The summed E-state index contributed by atoms with van der Waals surface area (Å²) in [5.74, 6) is 0.172. The van der Waals surface area contributed by atoms with Crippen LogP contribution < -0.4 is 14.8 Å². The summed E-state index contributed by atoms with van der Waals surface area (Å²) in [6.07, 6.45) is 0. The van der Waals surface area contributed by atoms with Crippen molar-refractivity contribution in [3.05, 3.63) is 88.7 Å². The number of rotatable bonds is 6. The number of nitrogens with one attached hydrogen (secondary N) is 1. The molecule has 0 aliphatic rings. The predicted molar refractivity (Wildman–Crippen MR) is 102 cm³/mol. The van der Waals surface area contributed by atoms with Crippen molar-refractivity contribution in [1.29, 1.82) is 0 Å². The van der Waals surface area contributed by atoms with Crippen LogP contribution in [0.5, 0.6) is 17.2 Å². The van der Waals surface area contributed by atoms with Gasteiger partial charge in [0.1, 0.15) is 17.1 Å². The maximum absolute atomic E-state index is 13.8. The molecule has 1 N–H and O–H groups in total. The normalized spacial score (nSPS) is 10.3. The van der Waals surface area contributed by atoms with Gasteiger partial charge in [-0.15, -0.1) is 0 Å². The fourth-order valence-corrected chi connectivity index (χ4v) is 2.77. The van der Waals surface area contributed by atoms with Crippen molar-refractivity contribution in [2.24, 2.45) is 0 Å². The lowest BCUT2D eigenvalue weighted by molar-refractivity contribution is 0.0948. The fraction of sp³-hybridized carbons (Fsp3) is 0.0952. The van der Waals surface area contributed by atoms with E-state index in [4.69, 9.17) is 21.1 Å². The number of para-hydroxylation sites is 1. The maximum Gasteiger partial charge on any atom is 0.256 e. The van der Waals surface area contributed by atoms with Gasteiger partial charge in [0.25, 0.3) is 5.91 Å². The minimum Gasteiger partial charge on any atom is -0.494 e. The molecule has 1 amide bonds. The van der Waals surface area contributed by atoms with Gasteiger partial charge in [-0.3, -0.25) is 4.79 Å². The van der Waals surface area contributed by atoms with Gasteiger partial charge in [0, 0.05) is 6.54 Å². The van der Waals surface area contributed by atoms with Crippen LogP contribution in [-0.2, 0) is 6.54 Å². The Kier molecular flexibility index (Phi) is 5.94. The molecule has 0 aromatic heterocycles. The Hall–Kier alpha value is -3.05. The Morgan fingerprint density at radius 3 is 2.52 bits per heavy atom. The number of carbonyl (C=O) groups excluding carboxylic acids is 1. The Balaban J connectivity index is 1.77. The topological polar surface area (TPSA) is 47.6 Å². The first-order chi connectivity index (χ1) is 13.1. The molecule has 0 fully saturated rings. The summed E-state index contributed by atoms with van der Waals surface area (Å²) in [5.41, 5.74) is 0.816. The molecule has 138 valence electrons. The van der Waals surface area contributed by atoms with Gasteiger partial charge < -0.3 is 14.8 Å². The maximum atomic E-state index is 13.8. The molecule has 6 heteroatoms. The van der Waals surface area contributed by atoms with E-state index in [9.17, 15) is 9.18 Å².